The van der Waals surface area contributed by atoms with E-state index in [2.05, 4.69) is 22.0 Å². The summed E-state index contributed by atoms with van der Waals surface area (Å²) in [6.45, 7) is 1.46. The number of rotatable bonds is 3. The van der Waals surface area contributed by atoms with Crippen LogP contribution >= 0.6 is 0 Å². The molecular weight excluding hydrogens is 190 g/mol. The number of nitrogens with two attached hydrogens (primary N) is 1. The van der Waals surface area contributed by atoms with Gasteiger partial charge in [0.1, 0.15) is 6.10 Å². The number of aliphatic imine (C=N–C) groups is 1. The van der Waals surface area contributed by atoms with Crippen molar-refractivity contribution in [3.63, 3.8) is 0 Å². The van der Waals surface area contributed by atoms with Crippen LogP contribution in [0.2, 0.25) is 0 Å². The normalized spacial score (nSPS) is 19.5. The summed E-state index contributed by atoms with van der Waals surface area (Å²) in [5.41, 5.74) is 6.62. The van der Waals surface area contributed by atoms with Crippen LogP contribution in [-0.2, 0) is 4.74 Å². The molecule has 4 heteroatoms. The number of ether oxygens (including phenoxy) is 1. The molecule has 0 spiro atoms. The van der Waals surface area contributed by atoms with Crippen LogP contribution in [0.1, 0.15) is 0 Å². The van der Waals surface area contributed by atoms with E-state index in [1.54, 1.807) is 0 Å². The minimum Gasteiger partial charge on any atom is -0.458 e. The SMILES string of the molecule is CN(CC1CN=C(N)O1)c1ccccc1. The number of amidine groups is 1. The number of likely N-dealkylation sites (N-methyl/N-ethyl adjacent to an activating group) is 1. The smallest absolute Gasteiger partial charge is 0.282 e. The molecule has 0 saturated heterocycles. The largest absolute Gasteiger partial charge is 0.458 e. The molecule has 1 heterocycles. The van der Waals surface area contributed by atoms with Crippen molar-refractivity contribution in [2.75, 3.05) is 25.0 Å². The first-order valence-corrected chi connectivity index (χ1v) is 4.98. The van der Waals surface area contributed by atoms with Gasteiger partial charge in [-0.2, -0.15) is 0 Å². The molecule has 0 aliphatic carbocycles. The quantitative estimate of drug-likeness (QED) is 0.795. The molecular formula is C11H15N3O. The molecule has 80 valence electrons. The lowest BCUT2D eigenvalue weighted by molar-refractivity contribution is 0.227. The van der Waals surface area contributed by atoms with E-state index in [1.807, 2.05) is 25.2 Å². The molecule has 1 aliphatic heterocycles. The maximum absolute atomic E-state index is 5.45. The van der Waals surface area contributed by atoms with Gasteiger partial charge in [0.25, 0.3) is 6.02 Å². The molecule has 15 heavy (non-hydrogen) atoms. The Labute approximate surface area is 89.4 Å². The van der Waals surface area contributed by atoms with E-state index < -0.39 is 0 Å². The number of hydrogen-bond donors (Lipinski definition) is 1. The Morgan fingerprint density at radius 2 is 2.20 bits per heavy atom. The molecule has 1 unspecified atom stereocenters. The predicted octanol–water partition coefficient (Wildman–Crippen LogP) is 0.836. The van der Waals surface area contributed by atoms with Gasteiger partial charge in [-0.05, 0) is 12.1 Å². The fourth-order valence-electron chi connectivity index (χ4n) is 1.63. The molecule has 0 radical (unpaired) electrons. The van der Waals surface area contributed by atoms with Gasteiger partial charge in [-0.3, -0.25) is 0 Å². The second-order valence-corrected chi connectivity index (χ2v) is 3.63. The first-order valence-electron chi connectivity index (χ1n) is 4.98. The molecule has 0 aromatic heterocycles. The van der Waals surface area contributed by atoms with Crippen LogP contribution in [0.25, 0.3) is 0 Å². The summed E-state index contributed by atoms with van der Waals surface area (Å²) < 4.78 is 5.34. The third-order valence-electron chi connectivity index (χ3n) is 2.41. The maximum Gasteiger partial charge on any atom is 0.282 e. The van der Waals surface area contributed by atoms with Crippen molar-refractivity contribution in [2.45, 2.75) is 6.10 Å². The van der Waals surface area contributed by atoms with E-state index in [1.165, 1.54) is 5.69 Å². The van der Waals surface area contributed by atoms with Crippen molar-refractivity contribution >= 4 is 11.7 Å². The molecule has 0 saturated carbocycles. The van der Waals surface area contributed by atoms with Crippen molar-refractivity contribution in [3.8, 4) is 0 Å². The standard InChI is InChI=1S/C11H15N3O/c1-14(9-5-3-2-4-6-9)8-10-7-13-11(12)15-10/h2-6,10H,7-8H2,1H3,(H2,12,13). The summed E-state index contributed by atoms with van der Waals surface area (Å²) in [6.07, 6.45) is 0.0789. The van der Waals surface area contributed by atoms with Gasteiger partial charge in [0.2, 0.25) is 0 Å². The predicted molar refractivity (Wildman–Crippen MR) is 61.1 cm³/mol. The summed E-state index contributed by atoms with van der Waals surface area (Å²) >= 11 is 0. The van der Waals surface area contributed by atoms with Gasteiger partial charge in [0, 0.05) is 12.7 Å². The van der Waals surface area contributed by atoms with Gasteiger partial charge < -0.3 is 15.4 Å². The Morgan fingerprint density at radius 1 is 1.47 bits per heavy atom. The van der Waals surface area contributed by atoms with E-state index in [0.29, 0.717) is 12.6 Å². The second kappa shape index (κ2) is 4.21. The maximum atomic E-state index is 5.45. The second-order valence-electron chi connectivity index (χ2n) is 3.63. The Bertz CT molecular complexity index is 350. The summed E-state index contributed by atoms with van der Waals surface area (Å²) in [7, 11) is 2.03. The highest BCUT2D eigenvalue weighted by molar-refractivity contribution is 5.73. The monoisotopic (exact) mass is 205 g/mol. The van der Waals surface area contributed by atoms with E-state index >= 15 is 0 Å². The summed E-state index contributed by atoms with van der Waals surface area (Å²) in [4.78, 5) is 6.15. The minimum absolute atomic E-state index is 0.0789. The molecule has 2 N–H and O–H groups in total. The van der Waals surface area contributed by atoms with Crippen LogP contribution < -0.4 is 10.6 Å². The lowest BCUT2D eigenvalue weighted by atomic mass is 10.2. The van der Waals surface area contributed by atoms with Gasteiger partial charge in [-0.25, -0.2) is 4.99 Å². The van der Waals surface area contributed by atoms with Gasteiger partial charge >= 0.3 is 0 Å². The molecule has 1 aromatic carbocycles. The fraction of sp³-hybridized carbons (Fsp3) is 0.364. The third-order valence-corrected chi connectivity index (χ3v) is 2.41. The van der Waals surface area contributed by atoms with Crippen LogP contribution in [0.5, 0.6) is 0 Å². The zero-order chi connectivity index (χ0) is 10.7. The van der Waals surface area contributed by atoms with Crippen LogP contribution in [0.3, 0.4) is 0 Å². The van der Waals surface area contributed by atoms with Crippen LogP contribution in [0.4, 0.5) is 5.69 Å². The lowest BCUT2D eigenvalue weighted by Gasteiger charge is -2.22. The average molecular weight is 205 g/mol. The van der Waals surface area contributed by atoms with Crippen LogP contribution in [0, 0.1) is 0 Å². The van der Waals surface area contributed by atoms with E-state index in [9.17, 15) is 0 Å². The summed E-state index contributed by atoms with van der Waals surface area (Å²) in [5, 5.41) is 0. The number of para-hydroxylation sites is 1. The first-order chi connectivity index (χ1) is 7.25. The number of anilines is 1. The molecule has 2 rings (SSSR count). The summed E-state index contributed by atoms with van der Waals surface area (Å²) in [5.74, 6) is 0. The molecule has 0 bridgehead atoms. The lowest BCUT2D eigenvalue weighted by Crippen LogP contribution is -2.32. The van der Waals surface area contributed by atoms with Crippen molar-refractivity contribution in [1.82, 2.24) is 0 Å². The molecule has 1 atom stereocenters. The van der Waals surface area contributed by atoms with Crippen LogP contribution in [0.15, 0.2) is 35.3 Å². The highest BCUT2D eigenvalue weighted by Gasteiger charge is 2.19. The van der Waals surface area contributed by atoms with Gasteiger partial charge in [-0.1, -0.05) is 18.2 Å². The molecule has 4 nitrogen and oxygen atoms in total. The molecule has 0 fully saturated rings. The van der Waals surface area contributed by atoms with Gasteiger partial charge in [0.15, 0.2) is 0 Å². The number of nitrogens with zero attached hydrogens (tertiary/aromatic N) is 2. The van der Waals surface area contributed by atoms with Crippen molar-refractivity contribution in [3.05, 3.63) is 30.3 Å². The minimum atomic E-state index is 0.0789. The topological polar surface area (TPSA) is 50.8 Å². The Balaban J connectivity index is 1.91. The van der Waals surface area contributed by atoms with Crippen molar-refractivity contribution in [2.24, 2.45) is 10.7 Å². The molecule has 1 aliphatic rings. The van der Waals surface area contributed by atoms with Crippen LogP contribution in [-0.4, -0.2) is 32.3 Å². The van der Waals surface area contributed by atoms with E-state index in [-0.39, 0.29) is 6.10 Å². The van der Waals surface area contributed by atoms with Gasteiger partial charge in [-0.15, -0.1) is 0 Å². The highest BCUT2D eigenvalue weighted by atomic mass is 16.5. The zero-order valence-corrected chi connectivity index (χ0v) is 8.76. The molecule has 0 amide bonds. The Kier molecular flexibility index (Phi) is 2.76. The number of hydrogen-bond acceptors (Lipinski definition) is 4. The summed E-state index contributed by atoms with van der Waals surface area (Å²) in [6, 6.07) is 10.5. The van der Waals surface area contributed by atoms with Gasteiger partial charge in [0.05, 0.1) is 13.1 Å². The Morgan fingerprint density at radius 3 is 2.80 bits per heavy atom. The van der Waals surface area contributed by atoms with E-state index in [4.69, 9.17) is 10.5 Å². The van der Waals surface area contributed by atoms with Crippen molar-refractivity contribution in [1.29, 1.82) is 0 Å². The zero-order valence-electron chi connectivity index (χ0n) is 8.76. The molecule has 1 aromatic rings. The highest BCUT2D eigenvalue weighted by Crippen LogP contribution is 2.13. The third kappa shape index (κ3) is 2.40. The fourth-order valence-corrected chi connectivity index (χ4v) is 1.63. The first kappa shape index (κ1) is 9.83. The Hall–Kier alpha value is -1.71. The average Bonchev–Trinajstić information content (AvgIpc) is 2.65. The van der Waals surface area contributed by atoms with Crippen molar-refractivity contribution < 1.29 is 4.74 Å². The number of benzene rings is 1. The van der Waals surface area contributed by atoms with E-state index in [0.717, 1.165) is 6.54 Å².